The normalized spacial score (nSPS) is 20.8. The van der Waals surface area contributed by atoms with Gasteiger partial charge in [0.1, 0.15) is 5.66 Å². The topological polar surface area (TPSA) is 103 Å². The van der Waals surface area contributed by atoms with Crippen molar-refractivity contribution in [3.05, 3.63) is 48.2 Å². The van der Waals surface area contributed by atoms with E-state index >= 15 is 0 Å². The van der Waals surface area contributed by atoms with Crippen molar-refractivity contribution in [1.82, 2.24) is 9.88 Å². The fraction of sp³-hybridized carbons (Fsp3) is 0.300. The van der Waals surface area contributed by atoms with Crippen LogP contribution in [0.1, 0.15) is 36.5 Å². The third-order valence-corrected chi connectivity index (χ3v) is 5.35. The molecule has 0 spiro atoms. The summed E-state index contributed by atoms with van der Waals surface area (Å²) < 4.78 is 0. The first-order chi connectivity index (χ1) is 13.4. The fourth-order valence-electron chi connectivity index (χ4n) is 3.94. The highest BCUT2D eigenvalue weighted by Crippen LogP contribution is 2.43. The van der Waals surface area contributed by atoms with Gasteiger partial charge in [0, 0.05) is 25.6 Å². The van der Waals surface area contributed by atoms with Crippen LogP contribution in [0.2, 0.25) is 0 Å². The number of rotatable bonds is 4. The Hall–Kier alpha value is -3.42. The van der Waals surface area contributed by atoms with Crippen molar-refractivity contribution in [1.29, 1.82) is 0 Å². The van der Waals surface area contributed by atoms with Crippen LogP contribution in [-0.4, -0.2) is 44.9 Å². The van der Waals surface area contributed by atoms with Crippen molar-refractivity contribution < 1.29 is 19.5 Å². The van der Waals surface area contributed by atoms with Crippen LogP contribution >= 0.6 is 0 Å². The SMILES string of the molecule is CC12CCC(=O)N1c1ccccc1C(=O)N2CCC(=O)Nc1ncccc1O. The molecular weight excluding hydrogens is 360 g/mol. The van der Waals surface area contributed by atoms with Crippen molar-refractivity contribution in [2.45, 2.75) is 31.8 Å². The van der Waals surface area contributed by atoms with Gasteiger partial charge in [0.15, 0.2) is 11.6 Å². The van der Waals surface area contributed by atoms with Crippen LogP contribution in [0.5, 0.6) is 5.75 Å². The molecule has 0 radical (unpaired) electrons. The number of carbonyl (C=O) groups is 3. The molecule has 3 amide bonds. The van der Waals surface area contributed by atoms with Crippen LogP contribution in [-0.2, 0) is 9.59 Å². The highest BCUT2D eigenvalue weighted by atomic mass is 16.3. The number of carbonyl (C=O) groups excluding carboxylic acids is 3. The largest absolute Gasteiger partial charge is 0.504 e. The Labute approximate surface area is 161 Å². The molecule has 8 heteroatoms. The molecule has 3 heterocycles. The van der Waals surface area contributed by atoms with Crippen molar-refractivity contribution in [3.63, 3.8) is 0 Å². The number of pyridine rings is 1. The first kappa shape index (κ1) is 18.0. The molecule has 0 bridgehead atoms. The number of fused-ring (bicyclic) bond motifs is 3. The number of nitrogens with zero attached hydrogens (tertiary/aromatic N) is 3. The lowest BCUT2D eigenvalue weighted by Crippen LogP contribution is -2.62. The molecule has 1 saturated heterocycles. The first-order valence-corrected chi connectivity index (χ1v) is 9.10. The molecule has 0 aliphatic carbocycles. The predicted molar refractivity (Wildman–Crippen MR) is 102 cm³/mol. The van der Waals surface area contributed by atoms with Gasteiger partial charge in [-0.05, 0) is 37.6 Å². The number of para-hydroxylation sites is 1. The zero-order valence-electron chi connectivity index (χ0n) is 15.4. The number of aromatic hydroxyl groups is 1. The summed E-state index contributed by atoms with van der Waals surface area (Å²) in [5.74, 6) is -0.655. The van der Waals surface area contributed by atoms with Crippen molar-refractivity contribution in [2.75, 3.05) is 16.8 Å². The monoisotopic (exact) mass is 380 g/mol. The van der Waals surface area contributed by atoms with Crippen molar-refractivity contribution in [2.24, 2.45) is 0 Å². The Morgan fingerprint density at radius 2 is 2.04 bits per heavy atom. The molecule has 1 atom stereocenters. The number of aromatic nitrogens is 1. The molecule has 1 aromatic heterocycles. The molecule has 8 nitrogen and oxygen atoms in total. The highest BCUT2D eigenvalue weighted by Gasteiger charge is 2.52. The predicted octanol–water partition coefficient (Wildman–Crippen LogP) is 2.11. The van der Waals surface area contributed by atoms with E-state index in [4.69, 9.17) is 0 Å². The fourth-order valence-corrected chi connectivity index (χ4v) is 3.94. The minimum Gasteiger partial charge on any atom is -0.504 e. The van der Waals surface area contributed by atoms with Crippen LogP contribution in [0, 0.1) is 0 Å². The number of hydrogen-bond donors (Lipinski definition) is 2. The summed E-state index contributed by atoms with van der Waals surface area (Å²) >= 11 is 0. The second kappa shape index (κ2) is 6.63. The van der Waals surface area contributed by atoms with Gasteiger partial charge in [-0.2, -0.15) is 0 Å². The van der Waals surface area contributed by atoms with Gasteiger partial charge in [0.2, 0.25) is 11.8 Å². The van der Waals surface area contributed by atoms with E-state index < -0.39 is 5.66 Å². The zero-order chi connectivity index (χ0) is 19.9. The minimum atomic E-state index is -0.796. The van der Waals surface area contributed by atoms with Crippen molar-refractivity contribution in [3.8, 4) is 5.75 Å². The van der Waals surface area contributed by atoms with E-state index in [-0.39, 0.29) is 42.3 Å². The molecule has 0 saturated carbocycles. The van der Waals surface area contributed by atoms with E-state index in [2.05, 4.69) is 10.3 Å². The molecule has 1 aromatic carbocycles. The van der Waals surface area contributed by atoms with E-state index in [0.717, 1.165) is 0 Å². The Bertz CT molecular complexity index is 976. The van der Waals surface area contributed by atoms with E-state index in [9.17, 15) is 19.5 Å². The maximum Gasteiger partial charge on any atom is 0.257 e. The zero-order valence-corrected chi connectivity index (χ0v) is 15.4. The van der Waals surface area contributed by atoms with Gasteiger partial charge in [-0.15, -0.1) is 0 Å². The summed E-state index contributed by atoms with van der Waals surface area (Å²) in [6, 6.07) is 10.0. The Kier molecular flexibility index (Phi) is 4.26. The molecule has 2 aromatic rings. The molecular formula is C20H20N4O4. The average Bonchev–Trinajstić information content (AvgIpc) is 2.99. The second-order valence-corrected chi connectivity index (χ2v) is 7.09. The number of amides is 3. The van der Waals surface area contributed by atoms with E-state index in [0.29, 0.717) is 24.1 Å². The summed E-state index contributed by atoms with van der Waals surface area (Å²) in [6.07, 6.45) is 2.34. The Balaban J connectivity index is 1.56. The number of nitrogens with one attached hydrogen (secondary N) is 1. The van der Waals surface area contributed by atoms with Crippen molar-refractivity contribution >= 4 is 29.2 Å². The summed E-state index contributed by atoms with van der Waals surface area (Å²) in [7, 11) is 0. The Morgan fingerprint density at radius 3 is 2.82 bits per heavy atom. The third-order valence-electron chi connectivity index (χ3n) is 5.35. The molecule has 28 heavy (non-hydrogen) atoms. The van der Waals surface area contributed by atoms with Crippen LogP contribution in [0.25, 0.3) is 0 Å². The number of anilines is 2. The van der Waals surface area contributed by atoms with E-state index in [1.807, 2.05) is 6.92 Å². The standard InChI is InChI=1S/C20H20N4O4/c1-20-10-8-17(27)24(20)14-6-3-2-5-13(14)19(28)23(20)12-9-16(26)22-18-15(25)7-4-11-21-18/h2-7,11,25H,8-10,12H2,1H3,(H,21,22,26). The summed E-state index contributed by atoms with van der Waals surface area (Å²) in [6.45, 7) is 2.00. The highest BCUT2D eigenvalue weighted by molar-refractivity contribution is 6.10. The first-order valence-electron chi connectivity index (χ1n) is 9.10. The molecule has 4 rings (SSSR count). The lowest BCUT2D eigenvalue weighted by atomic mass is 9.98. The lowest BCUT2D eigenvalue weighted by Gasteiger charge is -2.48. The maximum absolute atomic E-state index is 13.1. The van der Waals surface area contributed by atoms with Gasteiger partial charge in [-0.3, -0.25) is 19.3 Å². The van der Waals surface area contributed by atoms with Crippen LogP contribution in [0.4, 0.5) is 11.5 Å². The van der Waals surface area contributed by atoms with Gasteiger partial charge in [-0.1, -0.05) is 12.1 Å². The lowest BCUT2D eigenvalue weighted by molar-refractivity contribution is -0.117. The third kappa shape index (κ3) is 2.77. The second-order valence-electron chi connectivity index (χ2n) is 7.09. The average molecular weight is 380 g/mol. The van der Waals surface area contributed by atoms with Gasteiger partial charge >= 0.3 is 0 Å². The van der Waals surface area contributed by atoms with Crippen LogP contribution in [0.3, 0.4) is 0 Å². The summed E-state index contributed by atoms with van der Waals surface area (Å²) in [5.41, 5.74) is 0.283. The van der Waals surface area contributed by atoms with Crippen LogP contribution < -0.4 is 10.2 Å². The molecule has 1 fully saturated rings. The van der Waals surface area contributed by atoms with Gasteiger partial charge in [0.25, 0.3) is 5.91 Å². The summed E-state index contributed by atoms with van der Waals surface area (Å²) in [5, 5.41) is 12.3. The molecule has 2 aliphatic rings. The van der Waals surface area contributed by atoms with Gasteiger partial charge in [-0.25, -0.2) is 4.98 Å². The Morgan fingerprint density at radius 1 is 1.25 bits per heavy atom. The maximum atomic E-state index is 13.1. The van der Waals surface area contributed by atoms with Gasteiger partial charge < -0.3 is 15.3 Å². The van der Waals surface area contributed by atoms with Crippen LogP contribution in [0.15, 0.2) is 42.6 Å². The minimum absolute atomic E-state index is 0.0154. The molecule has 1 unspecified atom stereocenters. The smallest absolute Gasteiger partial charge is 0.257 e. The van der Waals surface area contributed by atoms with Gasteiger partial charge in [0.05, 0.1) is 11.3 Å². The molecule has 2 N–H and O–H groups in total. The molecule has 144 valence electrons. The van der Waals surface area contributed by atoms with E-state index in [1.54, 1.807) is 40.1 Å². The quantitative estimate of drug-likeness (QED) is 0.846. The number of hydrogen-bond acceptors (Lipinski definition) is 5. The summed E-state index contributed by atoms with van der Waals surface area (Å²) in [4.78, 5) is 45.1. The number of benzene rings is 1. The van der Waals surface area contributed by atoms with E-state index in [1.165, 1.54) is 12.3 Å². The molecule has 2 aliphatic heterocycles.